The zero-order chi connectivity index (χ0) is 15.2. The maximum absolute atomic E-state index is 13.4. The third-order valence-electron chi connectivity index (χ3n) is 2.65. The lowest BCUT2D eigenvalue weighted by Gasteiger charge is -2.14. The van der Waals surface area contributed by atoms with E-state index in [2.05, 4.69) is 15.9 Å². The largest absolute Gasteiger partial charge is 0.491 e. The molecule has 6 heteroatoms. The van der Waals surface area contributed by atoms with Gasteiger partial charge in [0.25, 0.3) is 0 Å². The first-order valence-corrected chi connectivity index (χ1v) is 7.08. The van der Waals surface area contributed by atoms with E-state index < -0.39 is 11.9 Å². The molecule has 2 rings (SSSR count). The maximum atomic E-state index is 13.4. The molecule has 0 bridgehead atoms. The lowest BCUT2D eigenvalue weighted by molar-refractivity contribution is 0.0612. The Kier molecular flexibility index (Phi) is 5.41. The van der Waals surface area contributed by atoms with Crippen LogP contribution in [0.15, 0.2) is 46.9 Å². The molecule has 0 aliphatic heterocycles. The molecule has 0 radical (unpaired) electrons. The molecule has 2 aromatic carbocycles. The fourth-order valence-electron chi connectivity index (χ4n) is 1.58. The van der Waals surface area contributed by atoms with Crippen LogP contribution in [0.1, 0.15) is 0 Å². The summed E-state index contributed by atoms with van der Waals surface area (Å²) in [7, 11) is 0. The molecule has 0 aromatic heterocycles. The average molecular weight is 356 g/mol. The Bertz CT molecular complexity index is 592. The molecule has 112 valence electrons. The summed E-state index contributed by atoms with van der Waals surface area (Å²) < 4.78 is 24.7. The second-order valence-corrected chi connectivity index (χ2v) is 5.34. The third kappa shape index (κ3) is 4.91. The Labute approximate surface area is 130 Å². The number of rotatable bonds is 6. The minimum atomic E-state index is -0.874. The predicted molar refractivity (Wildman–Crippen MR) is 82.0 cm³/mol. The summed E-state index contributed by atoms with van der Waals surface area (Å²) in [6, 6.07) is 11.2. The molecular formula is C15H15BrFNO3. The number of hydrogen-bond donors (Lipinski definition) is 2. The summed E-state index contributed by atoms with van der Waals surface area (Å²) in [6.45, 7) is -0.0259. The van der Waals surface area contributed by atoms with Gasteiger partial charge >= 0.3 is 0 Å². The van der Waals surface area contributed by atoms with Gasteiger partial charge in [0.15, 0.2) is 11.6 Å². The number of halogens is 2. The van der Waals surface area contributed by atoms with Gasteiger partial charge < -0.3 is 20.3 Å². The average Bonchev–Trinajstić information content (AvgIpc) is 2.47. The van der Waals surface area contributed by atoms with Crippen LogP contribution in [0.4, 0.5) is 10.1 Å². The fourth-order valence-corrected chi connectivity index (χ4v) is 1.92. The smallest absolute Gasteiger partial charge is 0.165 e. The fraction of sp³-hybridized carbons (Fsp3) is 0.200. The first-order chi connectivity index (χ1) is 10.0. The Morgan fingerprint density at radius 3 is 2.48 bits per heavy atom. The van der Waals surface area contributed by atoms with Gasteiger partial charge in [0, 0.05) is 10.2 Å². The van der Waals surface area contributed by atoms with Gasteiger partial charge in [-0.15, -0.1) is 0 Å². The van der Waals surface area contributed by atoms with Crippen LogP contribution in [0, 0.1) is 5.82 Å². The molecule has 0 spiro atoms. The molecule has 0 amide bonds. The second-order valence-electron chi connectivity index (χ2n) is 4.42. The molecule has 0 fully saturated rings. The standard InChI is InChI=1S/C15H15BrFNO3/c16-10-1-6-14(17)15(7-10)21-9-12(19)8-20-13-4-2-11(18)3-5-13/h1-7,12,19H,8-9,18H2. The molecule has 0 aliphatic carbocycles. The molecule has 1 unspecified atom stereocenters. The van der Waals surface area contributed by atoms with Gasteiger partial charge in [-0.1, -0.05) is 15.9 Å². The van der Waals surface area contributed by atoms with Crippen molar-refractivity contribution in [3.8, 4) is 11.5 Å². The molecular weight excluding hydrogens is 341 g/mol. The van der Waals surface area contributed by atoms with Gasteiger partial charge in [0.2, 0.25) is 0 Å². The molecule has 0 heterocycles. The van der Waals surface area contributed by atoms with Gasteiger partial charge in [-0.25, -0.2) is 4.39 Å². The molecule has 1 atom stereocenters. The van der Waals surface area contributed by atoms with E-state index in [0.29, 0.717) is 15.9 Å². The number of benzene rings is 2. The Morgan fingerprint density at radius 1 is 1.10 bits per heavy atom. The van der Waals surface area contributed by atoms with Crippen molar-refractivity contribution in [1.82, 2.24) is 0 Å². The molecule has 2 aromatic rings. The number of aliphatic hydroxyl groups is 1. The number of aliphatic hydroxyl groups excluding tert-OH is 1. The summed E-state index contributed by atoms with van der Waals surface area (Å²) in [5.41, 5.74) is 6.19. The molecule has 0 saturated heterocycles. The van der Waals surface area contributed by atoms with Crippen molar-refractivity contribution in [2.24, 2.45) is 0 Å². The molecule has 0 saturated carbocycles. The Morgan fingerprint density at radius 2 is 1.76 bits per heavy atom. The molecule has 0 aliphatic rings. The molecule has 3 N–H and O–H groups in total. The zero-order valence-electron chi connectivity index (χ0n) is 11.1. The van der Waals surface area contributed by atoms with Gasteiger partial charge in [-0.05, 0) is 42.5 Å². The second kappa shape index (κ2) is 7.28. The van der Waals surface area contributed by atoms with E-state index in [1.54, 1.807) is 30.3 Å². The highest BCUT2D eigenvalue weighted by Gasteiger charge is 2.09. The number of nitrogen functional groups attached to an aromatic ring is 1. The number of hydrogen-bond acceptors (Lipinski definition) is 4. The van der Waals surface area contributed by atoms with E-state index in [4.69, 9.17) is 15.2 Å². The highest BCUT2D eigenvalue weighted by molar-refractivity contribution is 9.10. The van der Waals surface area contributed by atoms with E-state index in [9.17, 15) is 9.50 Å². The topological polar surface area (TPSA) is 64.7 Å². The number of anilines is 1. The summed E-state index contributed by atoms with van der Waals surface area (Å²) in [5.74, 6) is 0.192. The van der Waals surface area contributed by atoms with Crippen LogP contribution in [-0.4, -0.2) is 24.4 Å². The number of nitrogens with two attached hydrogens (primary N) is 1. The van der Waals surface area contributed by atoms with E-state index in [0.717, 1.165) is 0 Å². The van der Waals surface area contributed by atoms with Crippen molar-refractivity contribution < 1.29 is 19.0 Å². The van der Waals surface area contributed by atoms with Gasteiger partial charge in [0.05, 0.1) is 0 Å². The zero-order valence-corrected chi connectivity index (χ0v) is 12.7. The van der Waals surface area contributed by atoms with Crippen molar-refractivity contribution in [3.05, 3.63) is 52.8 Å². The normalized spacial score (nSPS) is 12.0. The van der Waals surface area contributed by atoms with Crippen LogP contribution >= 0.6 is 15.9 Å². The Balaban J connectivity index is 1.80. The lowest BCUT2D eigenvalue weighted by atomic mass is 10.3. The van der Waals surface area contributed by atoms with Gasteiger partial charge in [-0.2, -0.15) is 0 Å². The van der Waals surface area contributed by atoms with Crippen molar-refractivity contribution in [1.29, 1.82) is 0 Å². The quantitative estimate of drug-likeness (QED) is 0.781. The van der Waals surface area contributed by atoms with Crippen LogP contribution in [0.5, 0.6) is 11.5 Å². The molecule has 4 nitrogen and oxygen atoms in total. The Hall–Kier alpha value is -1.79. The summed E-state index contributed by atoms with van der Waals surface area (Å²) >= 11 is 3.23. The van der Waals surface area contributed by atoms with E-state index in [1.807, 2.05) is 0 Å². The van der Waals surface area contributed by atoms with Crippen LogP contribution in [0.3, 0.4) is 0 Å². The molecule has 21 heavy (non-hydrogen) atoms. The van der Waals surface area contributed by atoms with Crippen LogP contribution in [-0.2, 0) is 0 Å². The SMILES string of the molecule is Nc1ccc(OCC(O)COc2cc(Br)ccc2F)cc1. The summed E-state index contributed by atoms with van der Waals surface area (Å²) in [4.78, 5) is 0. The van der Waals surface area contributed by atoms with E-state index in [1.165, 1.54) is 12.1 Å². The van der Waals surface area contributed by atoms with Crippen molar-refractivity contribution >= 4 is 21.6 Å². The highest BCUT2D eigenvalue weighted by atomic mass is 79.9. The first kappa shape index (κ1) is 15.6. The van der Waals surface area contributed by atoms with Crippen molar-refractivity contribution in [2.75, 3.05) is 18.9 Å². The monoisotopic (exact) mass is 355 g/mol. The van der Waals surface area contributed by atoms with Crippen LogP contribution in [0.2, 0.25) is 0 Å². The lowest BCUT2D eigenvalue weighted by Crippen LogP contribution is -2.25. The predicted octanol–water partition coefficient (Wildman–Crippen LogP) is 2.99. The van der Waals surface area contributed by atoms with Gasteiger partial charge in [0.1, 0.15) is 25.1 Å². The summed E-state index contributed by atoms with van der Waals surface area (Å²) in [5, 5.41) is 9.78. The van der Waals surface area contributed by atoms with Crippen LogP contribution < -0.4 is 15.2 Å². The summed E-state index contributed by atoms with van der Waals surface area (Å²) in [6.07, 6.45) is -0.874. The van der Waals surface area contributed by atoms with Gasteiger partial charge in [-0.3, -0.25) is 0 Å². The van der Waals surface area contributed by atoms with E-state index >= 15 is 0 Å². The van der Waals surface area contributed by atoms with Crippen molar-refractivity contribution in [3.63, 3.8) is 0 Å². The highest BCUT2D eigenvalue weighted by Crippen LogP contribution is 2.22. The third-order valence-corrected chi connectivity index (χ3v) is 3.14. The number of ether oxygens (including phenoxy) is 2. The van der Waals surface area contributed by atoms with E-state index in [-0.39, 0.29) is 19.0 Å². The maximum Gasteiger partial charge on any atom is 0.165 e. The minimum absolute atomic E-state index is 0.0412. The van der Waals surface area contributed by atoms with Crippen LogP contribution in [0.25, 0.3) is 0 Å². The first-order valence-electron chi connectivity index (χ1n) is 6.29. The minimum Gasteiger partial charge on any atom is -0.491 e. The van der Waals surface area contributed by atoms with Crippen molar-refractivity contribution in [2.45, 2.75) is 6.10 Å².